The van der Waals surface area contributed by atoms with Crippen molar-refractivity contribution in [2.75, 3.05) is 13.7 Å². The van der Waals surface area contributed by atoms with E-state index in [9.17, 15) is 9.18 Å². The van der Waals surface area contributed by atoms with E-state index in [1.165, 1.54) is 13.3 Å². The summed E-state index contributed by atoms with van der Waals surface area (Å²) < 4.78 is 22.5. The maximum Gasteiger partial charge on any atom is 0.343 e. The van der Waals surface area contributed by atoms with Crippen molar-refractivity contribution in [3.63, 3.8) is 0 Å². The molecule has 0 atom stereocenters. The van der Waals surface area contributed by atoms with Gasteiger partial charge >= 0.3 is 5.97 Å². The van der Waals surface area contributed by atoms with E-state index in [4.69, 9.17) is 9.47 Å². The number of aromatic nitrogens is 1. The predicted molar refractivity (Wildman–Crippen MR) is 46.7 cm³/mol. The van der Waals surface area contributed by atoms with E-state index in [1.807, 2.05) is 0 Å². The highest BCUT2D eigenvalue weighted by atomic mass is 19.1. The first-order valence-electron chi connectivity index (χ1n) is 4.05. The molecule has 0 unspecified atom stereocenters. The number of hydrogen-bond acceptors (Lipinski definition) is 4. The molecular weight excluding hydrogens is 189 g/mol. The van der Waals surface area contributed by atoms with E-state index in [0.29, 0.717) is 0 Å². The van der Waals surface area contributed by atoms with Crippen molar-refractivity contribution in [2.45, 2.75) is 6.92 Å². The minimum Gasteiger partial charge on any atom is -0.493 e. The largest absolute Gasteiger partial charge is 0.493 e. The third-order valence-electron chi connectivity index (χ3n) is 1.55. The van der Waals surface area contributed by atoms with Gasteiger partial charge in [-0.3, -0.25) is 4.98 Å². The molecule has 0 saturated carbocycles. The second kappa shape index (κ2) is 4.55. The van der Waals surface area contributed by atoms with Crippen LogP contribution in [0.15, 0.2) is 12.4 Å². The van der Waals surface area contributed by atoms with Crippen molar-refractivity contribution in [1.29, 1.82) is 0 Å². The highest BCUT2D eigenvalue weighted by molar-refractivity contribution is 5.92. The first-order valence-corrected chi connectivity index (χ1v) is 4.05. The Balaban J connectivity index is 3.07. The molecule has 0 aliphatic carbocycles. The highest BCUT2D eigenvalue weighted by Gasteiger charge is 2.17. The van der Waals surface area contributed by atoms with Gasteiger partial charge in [0.05, 0.1) is 19.9 Å². The number of pyridine rings is 1. The Morgan fingerprint density at radius 1 is 1.57 bits per heavy atom. The Kier molecular flexibility index (Phi) is 3.39. The Morgan fingerprint density at radius 2 is 2.29 bits per heavy atom. The van der Waals surface area contributed by atoms with Gasteiger partial charge < -0.3 is 9.47 Å². The van der Waals surface area contributed by atoms with Crippen LogP contribution in [0.4, 0.5) is 4.39 Å². The van der Waals surface area contributed by atoms with Crippen LogP contribution >= 0.6 is 0 Å². The van der Waals surface area contributed by atoms with Crippen LogP contribution < -0.4 is 4.74 Å². The molecule has 0 aliphatic rings. The van der Waals surface area contributed by atoms with E-state index < -0.39 is 11.8 Å². The van der Waals surface area contributed by atoms with Crippen LogP contribution in [-0.2, 0) is 4.74 Å². The van der Waals surface area contributed by atoms with Gasteiger partial charge in [0.2, 0.25) is 0 Å². The summed E-state index contributed by atoms with van der Waals surface area (Å²) in [5.41, 5.74) is -0.00523. The Labute approximate surface area is 80.7 Å². The fourth-order valence-electron chi connectivity index (χ4n) is 0.985. The molecule has 0 spiro atoms. The van der Waals surface area contributed by atoms with E-state index in [-0.39, 0.29) is 17.9 Å². The average molecular weight is 199 g/mol. The Morgan fingerprint density at radius 3 is 2.86 bits per heavy atom. The SMILES string of the molecule is CCOC(=O)c1cncc(F)c1OC. The number of ether oxygens (including phenoxy) is 2. The minimum absolute atomic E-state index is 0.00523. The van der Waals surface area contributed by atoms with Gasteiger partial charge in [0.1, 0.15) is 5.56 Å². The lowest BCUT2D eigenvalue weighted by molar-refractivity contribution is 0.0521. The monoisotopic (exact) mass is 199 g/mol. The summed E-state index contributed by atoms with van der Waals surface area (Å²) in [7, 11) is 1.28. The number of carbonyl (C=O) groups excluding carboxylic acids is 1. The van der Waals surface area contributed by atoms with Gasteiger partial charge in [-0.1, -0.05) is 0 Å². The first-order chi connectivity index (χ1) is 6.70. The molecular formula is C9H10FNO3. The molecule has 0 saturated heterocycles. The van der Waals surface area contributed by atoms with Gasteiger partial charge in [0.15, 0.2) is 11.6 Å². The molecule has 0 radical (unpaired) electrons. The van der Waals surface area contributed by atoms with Crippen LogP contribution in [0.2, 0.25) is 0 Å². The molecule has 1 heterocycles. The van der Waals surface area contributed by atoms with Gasteiger partial charge in [-0.15, -0.1) is 0 Å². The van der Waals surface area contributed by atoms with Gasteiger partial charge in [-0.05, 0) is 6.92 Å². The number of nitrogens with zero attached hydrogens (tertiary/aromatic N) is 1. The van der Waals surface area contributed by atoms with Crippen molar-refractivity contribution in [1.82, 2.24) is 4.98 Å². The minimum atomic E-state index is -0.682. The van der Waals surface area contributed by atoms with Crippen LogP contribution in [0.1, 0.15) is 17.3 Å². The molecule has 0 N–H and O–H groups in total. The first kappa shape index (κ1) is 10.4. The van der Waals surface area contributed by atoms with Crippen LogP contribution in [0, 0.1) is 5.82 Å². The highest BCUT2D eigenvalue weighted by Crippen LogP contribution is 2.21. The van der Waals surface area contributed by atoms with Crippen LogP contribution in [0.25, 0.3) is 0 Å². The number of esters is 1. The summed E-state index contributed by atoms with van der Waals surface area (Å²) in [4.78, 5) is 14.8. The topological polar surface area (TPSA) is 48.4 Å². The standard InChI is InChI=1S/C9H10FNO3/c1-3-14-9(12)6-4-11-5-7(10)8(6)13-2/h4-5H,3H2,1-2H3. The number of carbonyl (C=O) groups is 1. The fourth-order valence-corrected chi connectivity index (χ4v) is 0.985. The van der Waals surface area contributed by atoms with E-state index in [0.717, 1.165) is 6.20 Å². The lowest BCUT2D eigenvalue weighted by atomic mass is 10.2. The summed E-state index contributed by atoms with van der Waals surface area (Å²) in [5, 5.41) is 0. The molecule has 4 nitrogen and oxygen atoms in total. The zero-order chi connectivity index (χ0) is 10.6. The van der Waals surface area contributed by atoms with Crippen molar-refractivity contribution < 1.29 is 18.7 Å². The number of rotatable bonds is 3. The smallest absolute Gasteiger partial charge is 0.343 e. The normalized spacial score (nSPS) is 9.64. The maximum atomic E-state index is 13.1. The zero-order valence-electron chi connectivity index (χ0n) is 7.91. The van der Waals surface area contributed by atoms with Gasteiger partial charge in [0.25, 0.3) is 0 Å². The number of methoxy groups -OCH3 is 1. The molecule has 0 aromatic carbocycles. The third-order valence-corrected chi connectivity index (χ3v) is 1.55. The Hall–Kier alpha value is -1.65. The molecule has 1 rings (SSSR count). The van der Waals surface area contributed by atoms with Crippen molar-refractivity contribution in [3.05, 3.63) is 23.8 Å². The lowest BCUT2D eigenvalue weighted by Gasteiger charge is -2.07. The fraction of sp³-hybridized carbons (Fsp3) is 0.333. The molecule has 76 valence electrons. The average Bonchev–Trinajstić information content (AvgIpc) is 2.17. The number of hydrogen-bond donors (Lipinski definition) is 0. The lowest BCUT2D eigenvalue weighted by Crippen LogP contribution is -2.08. The molecule has 0 amide bonds. The second-order valence-electron chi connectivity index (χ2n) is 2.42. The Bertz CT molecular complexity index is 341. The van der Waals surface area contributed by atoms with Gasteiger partial charge in [-0.25, -0.2) is 9.18 Å². The van der Waals surface area contributed by atoms with E-state index >= 15 is 0 Å². The van der Waals surface area contributed by atoms with Gasteiger partial charge in [0, 0.05) is 6.20 Å². The molecule has 1 aromatic heterocycles. The maximum absolute atomic E-state index is 13.1. The second-order valence-corrected chi connectivity index (χ2v) is 2.42. The molecule has 5 heteroatoms. The summed E-state index contributed by atoms with van der Waals surface area (Å²) in [5.74, 6) is -1.46. The van der Waals surface area contributed by atoms with Crippen molar-refractivity contribution in [3.8, 4) is 5.75 Å². The quantitative estimate of drug-likeness (QED) is 0.690. The number of halogens is 1. The molecule has 0 aliphatic heterocycles. The van der Waals surface area contributed by atoms with E-state index in [2.05, 4.69) is 4.98 Å². The van der Waals surface area contributed by atoms with Crippen LogP contribution in [-0.4, -0.2) is 24.7 Å². The molecule has 1 aromatic rings. The molecule has 0 bridgehead atoms. The van der Waals surface area contributed by atoms with Crippen LogP contribution in [0.3, 0.4) is 0 Å². The summed E-state index contributed by atoms with van der Waals surface area (Å²) in [6, 6.07) is 0. The van der Waals surface area contributed by atoms with E-state index in [1.54, 1.807) is 6.92 Å². The third kappa shape index (κ3) is 1.99. The zero-order valence-corrected chi connectivity index (χ0v) is 7.91. The summed E-state index contributed by atoms with van der Waals surface area (Å²) >= 11 is 0. The van der Waals surface area contributed by atoms with Crippen molar-refractivity contribution in [2.24, 2.45) is 0 Å². The summed E-state index contributed by atoms with van der Waals surface area (Å²) in [6.45, 7) is 1.88. The van der Waals surface area contributed by atoms with Crippen molar-refractivity contribution >= 4 is 5.97 Å². The molecule has 0 fully saturated rings. The van der Waals surface area contributed by atoms with Crippen LogP contribution in [0.5, 0.6) is 5.75 Å². The predicted octanol–water partition coefficient (Wildman–Crippen LogP) is 1.41. The molecule has 14 heavy (non-hydrogen) atoms. The van der Waals surface area contributed by atoms with Gasteiger partial charge in [-0.2, -0.15) is 0 Å². The summed E-state index contributed by atoms with van der Waals surface area (Å²) in [6.07, 6.45) is 2.18.